The van der Waals surface area contributed by atoms with Crippen molar-refractivity contribution in [2.24, 2.45) is 5.92 Å². The number of carbonyl (C=O) groups is 1. The highest BCUT2D eigenvalue weighted by atomic mass is 79.9. The Morgan fingerprint density at radius 3 is 2.67 bits per heavy atom. The van der Waals surface area contributed by atoms with Crippen LogP contribution in [-0.4, -0.2) is 5.91 Å². The van der Waals surface area contributed by atoms with Crippen LogP contribution in [0.3, 0.4) is 0 Å². The van der Waals surface area contributed by atoms with Gasteiger partial charge in [-0.2, -0.15) is 0 Å². The molecule has 110 valence electrons. The van der Waals surface area contributed by atoms with E-state index < -0.39 is 0 Å². The maximum Gasteiger partial charge on any atom is 0.226 e. The zero-order valence-corrected chi connectivity index (χ0v) is 13.7. The molecule has 0 saturated heterocycles. The highest BCUT2D eigenvalue weighted by molar-refractivity contribution is 9.10. The van der Waals surface area contributed by atoms with Gasteiger partial charge in [0.1, 0.15) is 12.4 Å². The summed E-state index contributed by atoms with van der Waals surface area (Å²) in [5, 5.41) is 2.86. The van der Waals surface area contributed by atoms with Gasteiger partial charge in [0.15, 0.2) is 0 Å². The molecule has 0 heterocycles. The lowest BCUT2D eigenvalue weighted by Gasteiger charge is -2.10. The predicted molar refractivity (Wildman–Crippen MR) is 88.4 cm³/mol. The van der Waals surface area contributed by atoms with Gasteiger partial charge in [0.05, 0.1) is 0 Å². The van der Waals surface area contributed by atoms with Crippen LogP contribution in [0.2, 0.25) is 0 Å². The van der Waals surface area contributed by atoms with Crippen LogP contribution >= 0.6 is 15.9 Å². The van der Waals surface area contributed by atoms with E-state index in [0.29, 0.717) is 6.61 Å². The number of benzene rings is 2. The van der Waals surface area contributed by atoms with Crippen LogP contribution in [0.15, 0.2) is 53.0 Å². The Morgan fingerprint density at radius 2 is 1.95 bits per heavy atom. The van der Waals surface area contributed by atoms with E-state index in [9.17, 15) is 4.79 Å². The Labute approximate surface area is 133 Å². The molecule has 2 aromatic rings. The SMILES string of the molecule is CC(C)C(=O)Nc1cccc(OCc2cccc(Br)c2)c1. The van der Waals surface area contributed by atoms with Crippen LogP contribution < -0.4 is 10.1 Å². The minimum atomic E-state index is -0.0451. The molecule has 0 spiro atoms. The molecule has 21 heavy (non-hydrogen) atoms. The Balaban J connectivity index is 1.99. The first-order valence-electron chi connectivity index (χ1n) is 6.83. The minimum Gasteiger partial charge on any atom is -0.489 e. The van der Waals surface area contributed by atoms with E-state index in [4.69, 9.17) is 4.74 Å². The number of ether oxygens (including phenoxy) is 1. The second kappa shape index (κ2) is 7.27. The quantitative estimate of drug-likeness (QED) is 0.856. The van der Waals surface area contributed by atoms with E-state index in [1.165, 1.54) is 0 Å². The number of rotatable bonds is 5. The van der Waals surface area contributed by atoms with Crippen molar-refractivity contribution in [2.45, 2.75) is 20.5 Å². The third-order valence-corrected chi connectivity index (χ3v) is 3.41. The Morgan fingerprint density at radius 1 is 1.19 bits per heavy atom. The van der Waals surface area contributed by atoms with Gasteiger partial charge in [-0.1, -0.05) is 48.0 Å². The fourth-order valence-corrected chi connectivity index (χ4v) is 2.19. The standard InChI is InChI=1S/C17H18BrNO2/c1-12(2)17(20)19-15-7-4-8-16(10-15)21-11-13-5-3-6-14(18)9-13/h3-10,12H,11H2,1-2H3,(H,19,20). The van der Waals surface area contributed by atoms with Gasteiger partial charge in [-0.05, 0) is 29.8 Å². The fourth-order valence-electron chi connectivity index (χ4n) is 1.74. The normalized spacial score (nSPS) is 10.5. The second-order valence-electron chi connectivity index (χ2n) is 5.09. The van der Waals surface area contributed by atoms with Crippen molar-refractivity contribution in [2.75, 3.05) is 5.32 Å². The Bertz CT molecular complexity index is 626. The summed E-state index contributed by atoms with van der Waals surface area (Å²) in [5.74, 6) is 0.687. The molecule has 2 aromatic carbocycles. The van der Waals surface area contributed by atoms with Crippen LogP contribution in [0.4, 0.5) is 5.69 Å². The van der Waals surface area contributed by atoms with Crippen LogP contribution in [-0.2, 0) is 11.4 Å². The summed E-state index contributed by atoms with van der Waals surface area (Å²) < 4.78 is 6.79. The highest BCUT2D eigenvalue weighted by Crippen LogP contribution is 2.20. The summed E-state index contributed by atoms with van der Waals surface area (Å²) in [6.07, 6.45) is 0. The molecule has 0 aliphatic rings. The molecule has 0 aliphatic heterocycles. The van der Waals surface area contributed by atoms with Crippen LogP contribution in [0.1, 0.15) is 19.4 Å². The van der Waals surface area contributed by atoms with Gasteiger partial charge in [-0.15, -0.1) is 0 Å². The first kappa shape index (κ1) is 15.6. The van der Waals surface area contributed by atoms with E-state index in [0.717, 1.165) is 21.5 Å². The molecule has 1 amide bonds. The zero-order chi connectivity index (χ0) is 15.2. The first-order valence-corrected chi connectivity index (χ1v) is 7.62. The minimum absolute atomic E-state index is 0.000796. The summed E-state index contributed by atoms with van der Waals surface area (Å²) in [4.78, 5) is 11.7. The monoisotopic (exact) mass is 347 g/mol. The maximum atomic E-state index is 11.7. The molecule has 0 aromatic heterocycles. The predicted octanol–water partition coefficient (Wildman–Crippen LogP) is 4.62. The van der Waals surface area contributed by atoms with E-state index in [1.54, 1.807) is 0 Å². The molecule has 0 aliphatic carbocycles. The van der Waals surface area contributed by atoms with Crippen molar-refractivity contribution in [1.29, 1.82) is 0 Å². The summed E-state index contributed by atoms with van der Waals surface area (Å²) in [6.45, 7) is 4.22. The molecular weight excluding hydrogens is 330 g/mol. The lowest BCUT2D eigenvalue weighted by Crippen LogP contribution is -2.17. The summed E-state index contributed by atoms with van der Waals surface area (Å²) >= 11 is 3.44. The number of hydrogen-bond donors (Lipinski definition) is 1. The van der Waals surface area contributed by atoms with Gasteiger partial charge in [0, 0.05) is 22.1 Å². The van der Waals surface area contributed by atoms with Crippen molar-refractivity contribution in [3.8, 4) is 5.75 Å². The molecular formula is C17H18BrNO2. The Kier molecular flexibility index (Phi) is 5.39. The van der Waals surface area contributed by atoms with Crippen LogP contribution in [0.5, 0.6) is 5.75 Å². The number of nitrogens with one attached hydrogen (secondary N) is 1. The molecule has 1 N–H and O–H groups in total. The van der Waals surface area contributed by atoms with Gasteiger partial charge in [-0.3, -0.25) is 4.79 Å². The first-order chi connectivity index (χ1) is 10.0. The van der Waals surface area contributed by atoms with Crippen LogP contribution in [0.25, 0.3) is 0 Å². The number of amides is 1. The fraction of sp³-hybridized carbons (Fsp3) is 0.235. The second-order valence-corrected chi connectivity index (χ2v) is 6.01. The summed E-state index contributed by atoms with van der Waals surface area (Å²) in [5.41, 5.74) is 1.83. The van der Waals surface area contributed by atoms with Gasteiger partial charge >= 0.3 is 0 Å². The van der Waals surface area contributed by atoms with Gasteiger partial charge in [-0.25, -0.2) is 0 Å². The molecule has 2 rings (SSSR count). The van der Waals surface area contributed by atoms with E-state index >= 15 is 0 Å². The molecule has 0 saturated carbocycles. The largest absolute Gasteiger partial charge is 0.489 e. The summed E-state index contributed by atoms with van der Waals surface area (Å²) in [6, 6.07) is 15.4. The van der Waals surface area contributed by atoms with Gasteiger partial charge < -0.3 is 10.1 Å². The molecule has 0 radical (unpaired) electrons. The zero-order valence-electron chi connectivity index (χ0n) is 12.1. The smallest absolute Gasteiger partial charge is 0.226 e. The van der Waals surface area contributed by atoms with Crippen molar-refractivity contribution in [3.05, 3.63) is 58.6 Å². The van der Waals surface area contributed by atoms with Crippen molar-refractivity contribution >= 4 is 27.5 Å². The average molecular weight is 348 g/mol. The number of halogens is 1. The average Bonchev–Trinajstić information content (AvgIpc) is 2.45. The lowest BCUT2D eigenvalue weighted by atomic mass is 10.2. The topological polar surface area (TPSA) is 38.3 Å². The Hall–Kier alpha value is -1.81. The third kappa shape index (κ3) is 4.90. The number of carbonyl (C=O) groups excluding carboxylic acids is 1. The van der Waals surface area contributed by atoms with E-state index in [2.05, 4.69) is 21.2 Å². The van der Waals surface area contributed by atoms with E-state index in [1.807, 2.05) is 62.4 Å². The van der Waals surface area contributed by atoms with Gasteiger partial charge in [0.2, 0.25) is 5.91 Å². The molecule has 4 heteroatoms. The van der Waals surface area contributed by atoms with Crippen molar-refractivity contribution < 1.29 is 9.53 Å². The van der Waals surface area contributed by atoms with Crippen molar-refractivity contribution in [3.63, 3.8) is 0 Å². The number of anilines is 1. The van der Waals surface area contributed by atoms with Crippen LogP contribution in [0, 0.1) is 5.92 Å². The molecule has 0 bridgehead atoms. The lowest BCUT2D eigenvalue weighted by molar-refractivity contribution is -0.118. The van der Waals surface area contributed by atoms with E-state index in [-0.39, 0.29) is 11.8 Å². The molecule has 0 fully saturated rings. The molecule has 3 nitrogen and oxygen atoms in total. The van der Waals surface area contributed by atoms with Gasteiger partial charge in [0.25, 0.3) is 0 Å². The van der Waals surface area contributed by atoms with Crippen molar-refractivity contribution in [1.82, 2.24) is 0 Å². The number of hydrogen-bond acceptors (Lipinski definition) is 2. The maximum absolute atomic E-state index is 11.7. The molecule has 0 atom stereocenters. The molecule has 0 unspecified atom stereocenters. The summed E-state index contributed by atoms with van der Waals surface area (Å²) in [7, 11) is 0. The highest BCUT2D eigenvalue weighted by Gasteiger charge is 2.07. The third-order valence-electron chi connectivity index (χ3n) is 2.92.